The van der Waals surface area contributed by atoms with E-state index in [1.165, 1.54) is 11.8 Å². The molecule has 2 aromatic carbocycles. The molecule has 2 heterocycles. The quantitative estimate of drug-likeness (QED) is 0.442. The van der Waals surface area contributed by atoms with Crippen LogP contribution in [0.4, 0.5) is 0 Å². The van der Waals surface area contributed by atoms with Gasteiger partial charge in [-0.3, -0.25) is 0 Å². The molecular formula is C17H13BrN6OS. The van der Waals surface area contributed by atoms with Gasteiger partial charge in [0.05, 0.1) is 11.4 Å². The van der Waals surface area contributed by atoms with Crippen molar-refractivity contribution in [1.29, 1.82) is 0 Å². The van der Waals surface area contributed by atoms with Crippen LogP contribution < -0.4 is 0 Å². The number of aromatic nitrogens is 6. The minimum Gasteiger partial charge on any atom is -0.420 e. The van der Waals surface area contributed by atoms with E-state index in [0.717, 1.165) is 21.3 Å². The first-order valence-corrected chi connectivity index (χ1v) is 9.53. The molecule has 2 aromatic heterocycles. The zero-order valence-electron chi connectivity index (χ0n) is 13.7. The molecule has 0 amide bonds. The van der Waals surface area contributed by atoms with Crippen molar-refractivity contribution in [3.63, 3.8) is 0 Å². The number of thioether (sulfide) groups is 1. The second-order valence-corrected chi connectivity index (χ2v) is 7.37. The van der Waals surface area contributed by atoms with Crippen molar-refractivity contribution in [3.8, 4) is 17.1 Å². The van der Waals surface area contributed by atoms with Crippen molar-refractivity contribution in [3.05, 3.63) is 64.5 Å². The molecule has 130 valence electrons. The Morgan fingerprint density at radius 2 is 1.92 bits per heavy atom. The largest absolute Gasteiger partial charge is 0.420 e. The van der Waals surface area contributed by atoms with Gasteiger partial charge in [-0.15, -0.1) is 15.3 Å². The van der Waals surface area contributed by atoms with Crippen LogP contribution in [-0.2, 0) is 5.75 Å². The summed E-state index contributed by atoms with van der Waals surface area (Å²) < 4.78 is 8.43. The van der Waals surface area contributed by atoms with Crippen LogP contribution in [0, 0.1) is 6.92 Å². The standard InChI is InChI=1S/C17H13BrN6OS/c1-11-3-2-4-14(9-11)24-17(21-22-23-24)26-10-15-19-20-16(25-15)12-5-7-13(18)8-6-12/h2-9H,10H2,1H3. The number of rotatable bonds is 5. The molecule has 0 aliphatic carbocycles. The fraction of sp³-hybridized carbons (Fsp3) is 0.118. The Balaban J connectivity index is 1.49. The molecule has 4 aromatic rings. The minimum absolute atomic E-state index is 0.482. The highest BCUT2D eigenvalue weighted by Crippen LogP contribution is 2.25. The maximum Gasteiger partial charge on any atom is 0.247 e. The number of tetrazole rings is 1. The van der Waals surface area contributed by atoms with Crippen molar-refractivity contribution in [2.75, 3.05) is 0 Å². The average Bonchev–Trinajstić information content (AvgIpc) is 3.30. The highest BCUT2D eigenvalue weighted by atomic mass is 79.9. The van der Waals surface area contributed by atoms with Crippen molar-refractivity contribution in [2.45, 2.75) is 17.8 Å². The van der Waals surface area contributed by atoms with Gasteiger partial charge >= 0.3 is 0 Å². The Morgan fingerprint density at radius 3 is 2.73 bits per heavy atom. The summed E-state index contributed by atoms with van der Waals surface area (Å²) in [5.74, 6) is 1.49. The number of aryl methyl sites for hydroxylation is 1. The summed E-state index contributed by atoms with van der Waals surface area (Å²) in [6.07, 6.45) is 0. The Morgan fingerprint density at radius 1 is 1.08 bits per heavy atom. The fourth-order valence-corrected chi connectivity index (χ4v) is 3.33. The lowest BCUT2D eigenvalue weighted by atomic mass is 10.2. The van der Waals surface area contributed by atoms with E-state index < -0.39 is 0 Å². The minimum atomic E-state index is 0.482. The van der Waals surface area contributed by atoms with Crippen LogP contribution in [-0.4, -0.2) is 30.4 Å². The third-order valence-corrected chi connectivity index (χ3v) is 5.00. The van der Waals surface area contributed by atoms with E-state index in [9.17, 15) is 0 Å². The Hall–Kier alpha value is -2.52. The molecule has 0 radical (unpaired) electrons. The smallest absolute Gasteiger partial charge is 0.247 e. The van der Waals surface area contributed by atoms with Crippen molar-refractivity contribution in [1.82, 2.24) is 30.4 Å². The summed E-state index contributed by atoms with van der Waals surface area (Å²) in [4.78, 5) is 0. The van der Waals surface area contributed by atoms with Crippen LogP contribution >= 0.6 is 27.7 Å². The van der Waals surface area contributed by atoms with Crippen LogP contribution in [0.15, 0.2) is 62.6 Å². The molecule has 0 N–H and O–H groups in total. The van der Waals surface area contributed by atoms with Gasteiger partial charge in [-0.25, -0.2) is 0 Å². The van der Waals surface area contributed by atoms with E-state index in [1.54, 1.807) is 4.68 Å². The normalized spacial score (nSPS) is 11.0. The number of nitrogens with zero attached hydrogens (tertiary/aromatic N) is 6. The lowest BCUT2D eigenvalue weighted by Gasteiger charge is -2.03. The van der Waals surface area contributed by atoms with Gasteiger partial charge in [-0.05, 0) is 59.3 Å². The van der Waals surface area contributed by atoms with Crippen LogP contribution in [0.5, 0.6) is 0 Å². The Labute approximate surface area is 162 Å². The van der Waals surface area contributed by atoms with Gasteiger partial charge in [0.25, 0.3) is 0 Å². The van der Waals surface area contributed by atoms with E-state index >= 15 is 0 Å². The highest BCUT2D eigenvalue weighted by Gasteiger charge is 2.13. The van der Waals surface area contributed by atoms with Gasteiger partial charge in [0.15, 0.2) is 0 Å². The van der Waals surface area contributed by atoms with Gasteiger partial charge in [0, 0.05) is 10.0 Å². The summed E-state index contributed by atoms with van der Waals surface area (Å²) in [5, 5.41) is 20.8. The number of benzene rings is 2. The van der Waals surface area contributed by atoms with Gasteiger partial charge in [0.1, 0.15) is 0 Å². The molecule has 26 heavy (non-hydrogen) atoms. The van der Waals surface area contributed by atoms with Crippen molar-refractivity contribution in [2.24, 2.45) is 0 Å². The molecule has 0 spiro atoms. The first kappa shape index (κ1) is 16.9. The van der Waals surface area contributed by atoms with Gasteiger partial charge < -0.3 is 4.42 Å². The highest BCUT2D eigenvalue weighted by molar-refractivity contribution is 9.10. The summed E-state index contributed by atoms with van der Waals surface area (Å²) in [5.41, 5.74) is 2.94. The molecule has 7 nitrogen and oxygen atoms in total. The van der Waals surface area contributed by atoms with E-state index in [4.69, 9.17) is 4.42 Å². The topological polar surface area (TPSA) is 82.5 Å². The predicted octanol–water partition coefficient (Wildman–Crippen LogP) is 4.08. The van der Waals surface area contributed by atoms with E-state index in [-0.39, 0.29) is 0 Å². The molecule has 0 fully saturated rings. The molecule has 0 aliphatic rings. The molecule has 9 heteroatoms. The first-order valence-electron chi connectivity index (χ1n) is 7.75. The molecular weight excluding hydrogens is 416 g/mol. The van der Waals surface area contributed by atoms with Crippen LogP contribution in [0.2, 0.25) is 0 Å². The van der Waals surface area contributed by atoms with Crippen molar-refractivity contribution < 1.29 is 4.42 Å². The molecule has 0 saturated heterocycles. The van der Waals surface area contributed by atoms with Crippen molar-refractivity contribution >= 4 is 27.7 Å². The fourth-order valence-electron chi connectivity index (χ4n) is 2.34. The second-order valence-electron chi connectivity index (χ2n) is 5.51. The summed E-state index contributed by atoms with van der Waals surface area (Å²) in [7, 11) is 0. The maximum atomic E-state index is 5.74. The maximum absolute atomic E-state index is 5.74. The van der Waals surface area contributed by atoms with E-state index in [0.29, 0.717) is 22.7 Å². The monoisotopic (exact) mass is 428 g/mol. The molecule has 0 atom stereocenters. The van der Waals surface area contributed by atoms with E-state index in [1.807, 2.05) is 55.5 Å². The summed E-state index contributed by atoms with van der Waals surface area (Å²) >= 11 is 4.85. The summed E-state index contributed by atoms with van der Waals surface area (Å²) in [6, 6.07) is 15.7. The third kappa shape index (κ3) is 3.68. The zero-order valence-corrected chi connectivity index (χ0v) is 16.1. The van der Waals surface area contributed by atoms with E-state index in [2.05, 4.69) is 41.7 Å². The Bertz CT molecular complexity index is 1030. The van der Waals surface area contributed by atoms with Gasteiger partial charge in [-0.1, -0.05) is 39.8 Å². The van der Waals surface area contributed by atoms with Crippen LogP contribution in [0.3, 0.4) is 0 Å². The average molecular weight is 429 g/mol. The van der Waals surface area contributed by atoms with Gasteiger partial charge in [-0.2, -0.15) is 4.68 Å². The lowest BCUT2D eigenvalue weighted by molar-refractivity contribution is 0.528. The lowest BCUT2D eigenvalue weighted by Crippen LogP contribution is -1.99. The zero-order chi connectivity index (χ0) is 17.9. The molecule has 0 saturated carbocycles. The first-order chi connectivity index (χ1) is 12.7. The summed E-state index contributed by atoms with van der Waals surface area (Å²) in [6.45, 7) is 2.03. The number of halogens is 1. The molecule has 0 bridgehead atoms. The van der Waals surface area contributed by atoms with Crippen LogP contribution in [0.1, 0.15) is 11.5 Å². The molecule has 0 aliphatic heterocycles. The molecule has 0 unspecified atom stereocenters. The predicted molar refractivity (Wildman–Crippen MR) is 101 cm³/mol. The Kier molecular flexibility index (Phi) is 4.81. The van der Waals surface area contributed by atoms with Gasteiger partial charge in [0.2, 0.25) is 16.9 Å². The third-order valence-electron chi connectivity index (χ3n) is 3.57. The second kappa shape index (κ2) is 7.38. The number of hydrogen-bond donors (Lipinski definition) is 0. The SMILES string of the molecule is Cc1cccc(-n2nnnc2SCc2nnc(-c3ccc(Br)cc3)o2)c1. The van der Waals surface area contributed by atoms with Crippen LogP contribution in [0.25, 0.3) is 17.1 Å². The molecule has 4 rings (SSSR count). The number of hydrogen-bond acceptors (Lipinski definition) is 7.